The maximum Gasteiger partial charge on any atom is 0.0888 e. The first-order valence-electron chi connectivity index (χ1n) is 6.38. The summed E-state index contributed by atoms with van der Waals surface area (Å²) < 4.78 is 0. The largest absolute Gasteiger partial charge is 0.388 e. The van der Waals surface area contributed by atoms with Crippen molar-refractivity contribution < 1.29 is 5.11 Å². The average molecular weight is 240 g/mol. The van der Waals surface area contributed by atoms with E-state index in [-0.39, 0.29) is 5.92 Å². The molecule has 0 saturated carbocycles. The van der Waals surface area contributed by atoms with Gasteiger partial charge < -0.3 is 5.11 Å². The summed E-state index contributed by atoms with van der Waals surface area (Å²) in [6, 6.07) is 7.87. The van der Waals surface area contributed by atoms with Gasteiger partial charge >= 0.3 is 0 Å². The minimum Gasteiger partial charge on any atom is -0.388 e. The van der Waals surface area contributed by atoms with Gasteiger partial charge in [-0.1, -0.05) is 12.1 Å². The Morgan fingerprint density at radius 2 is 2.11 bits per heavy atom. The summed E-state index contributed by atoms with van der Waals surface area (Å²) in [6.07, 6.45) is 7.94. The Bertz CT molecular complexity index is 527. The first-order valence-corrected chi connectivity index (χ1v) is 6.38. The molecule has 3 nitrogen and oxygen atoms in total. The Balaban J connectivity index is 1.94. The van der Waals surface area contributed by atoms with Crippen molar-refractivity contribution in [1.82, 2.24) is 9.97 Å². The van der Waals surface area contributed by atoms with E-state index in [9.17, 15) is 5.11 Å². The molecular weight excluding hydrogens is 224 g/mol. The molecule has 0 amide bonds. The number of aliphatic hydroxyl groups excluding tert-OH is 1. The molecular formula is C15H16N2O. The van der Waals surface area contributed by atoms with E-state index >= 15 is 0 Å². The Kier molecular flexibility index (Phi) is 3.07. The molecule has 0 fully saturated rings. The molecule has 3 rings (SSSR count). The van der Waals surface area contributed by atoms with E-state index in [0.717, 1.165) is 30.5 Å². The Hall–Kier alpha value is -1.74. The van der Waals surface area contributed by atoms with Crippen LogP contribution in [-0.2, 0) is 6.42 Å². The molecule has 0 radical (unpaired) electrons. The molecule has 3 heteroatoms. The summed E-state index contributed by atoms with van der Waals surface area (Å²) in [5, 5.41) is 10.5. The van der Waals surface area contributed by atoms with Crippen molar-refractivity contribution in [3.8, 4) is 0 Å². The van der Waals surface area contributed by atoms with E-state index in [1.54, 1.807) is 12.4 Å². The third-order valence-corrected chi connectivity index (χ3v) is 3.65. The van der Waals surface area contributed by atoms with Gasteiger partial charge in [0.15, 0.2) is 0 Å². The van der Waals surface area contributed by atoms with Gasteiger partial charge in [0.2, 0.25) is 0 Å². The van der Waals surface area contributed by atoms with Crippen LogP contribution in [-0.4, -0.2) is 15.1 Å². The van der Waals surface area contributed by atoms with Crippen LogP contribution in [0.3, 0.4) is 0 Å². The van der Waals surface area contributed by atoms with Crippen LogP contribution in [0.1, 0.15) is 41.7 Å². The molecule has 0 saturated heterocycles. The SMILES string of the molecule is OC(c1cccnc1)C1CCCc2cccnc21. The van der Waals surface area contributed by atoms with Crippen LogP contribution >= 0.6 is 0 Å². The van der Waals surface area contributed by atoms with Crippen molar-refractivity contribution in [2.75, 3.05) is 0 Å². The predicted molar refractivity (Wildman–Crippen MR) is 69.1 cm³/mol. The maximum absolute atomic E-state index is 10.5. The van der Waals surface area contributed by atoms with E-state index in [1.165, 1.54) is 5.56 Å². The molecule has 2 atom stereocenters. The van der Waals surface area contributed by atoms with Crippen molar-refractivity contribution in [2.24, 2.45) is 0 Å². The van der Waals surface area contributed by atoms with Crippen molar-refractivity contribution in [1.29, 1.82) is 0 Å². The second-order valence-electron chi connectivity index (χ2n) is 4.78. The fourth-order valence-electron chi connectivity index (χ4n) is 2.74. The lowest BCUT2D eigenvalue weighted by molar-refractivity contribution is 0.133. The lowest BCUT2D eigenvalue weighted by Gasteiger charge is -2.28. The zero-order chi connectivity index (χ0) is 12.4. The monoisotopic (exact) mass is 240 g/mol. The van der Waals surface area contributed by atoms with E-state index in [1.807, 2.05) is 24.4 Å². The number of fused-ring (bicyclic) bond motifs is 1. The molecule has 2 aromatic heterocycles. The normalized spacial score (nSPS) is 20.2. The van der Waals surface area contributed by atoms with Crippen LogP contribution in [0.2, 0.25) is 0 Å². The summed E-state index contributed by atoms with van der Waals surface area (Å²) in [5.41, 5.74) is 3.21. The minimum absolute atomic E-state index is 0.0964. The first kappa shape index (κ1) is 11.4. The first-order chi connectivity index (χ1) is 8.86. The molecule has 92 valence electrons. The molecule has 0 aromatic carbocycles. The second-order valence-corrected chi connectivity index (χ2v) is 4.78. The highest BCUT2D eigenvalue weighted by molar-refractivity contribution is 5.29. The van der Waals surface area contributed by atoms with Gasteiger partial charge in [0.05, 0.1) is 6.10 Å². The molecule has 0 bridgehead atoms. The summed E-state index contributed by atoms with van der Waals surface area (Å²) in [5.74, 6) is 0.0964. The Labute approximate surface area is 107 Å². The molecule has 2 heterocycles. The van der Waals surface area contributed by atoms with Gasteiger partial charge in [-0.05, 0) is 42.5 Å². The smallest absolute Gasteiger partial charge is 0.0888 e. The number of aromatic nitrogens is 2. The number of nitrogens with zero attached hydrogens (tertiary/aromatic N) is 2. The van der Waals surface area contributed by atoms with E-state index < -0.39 is 6.10 Å². The van der Waals surface area contributed by atoms with Crippen LogP contribution in [0.25, 0.3) is 0 Å². The topological polar surface area (TPSA) is 46.0 Å². The molecule has 1 aliphatic carbocycles. The van der Waals surface area contributed by atoms with Gasteiger partial charge in [-0.2, -0.15) is 0 Å². The number of aryl methyl sites for hydroxylation is 1. The average Bonchev–Trinajstić information content (AvgIpc) is 2.47. The van der Waals surface area contributed by atoms with Crippen LogP contribution in [0.5, 0.6) is 0 Å². The highest BCUT2D eigenvalue weighted by atomic mass is 16.3. The number of rotatable bonds is 2. The lowest BCUT2D eigenvalue weighted by atomic mass is 9.81. The fourth-order valence-corrected chi connectivity index (χ4v) is 2.74. The van der Waals surface area contributed by atoms with Gasteiger partial charge in [0.25, 0.3) is 0 Å². The molecule has 2 unspecified atom stereocenters. The van der Waals surface area contributed by atoms with Crippen LogP contribution < -0.4 is 0 Å². The maximum atomic E-state index is 10.5. The van der Waals surface area contributed by atoms with Gasteiger partial charge in [-0.25, -0.2) is 0 Å². The van der Waals surface area contributed by atoms with Gasteiger partial charge in [0, 0.05) is 30.2 Å². The second kappa shape index (κ2) is 4.86. The van der Waals surface area contributed by atoms with E-state index in [0.29, 0.717) is 0 Å². The van der Waals surface area contributed by atoms with Crippen molar-refractivity contribution in [3.63, 3.8) is 0 Å². The van der Waals surface area contributed by atoms with Gasteiger partial charge in [0.1, 0.15) is 0 Å². The number of hydrogen-bond acceptors (Lipinski definition) is 3. The number of hydrogen-bond donors (Lipinski definition) is 1. The molecule has 2 aromatic rings. The summed E-state index contributed by atoms with van der Waals surface area (Å²) >= 11 is 0. The predicted octanol–water partition coefficient (Wildman–Crippen LogP) is 2.63. The highest BCUT2D eigenvalue weighted by Crippen LogP contribution is 2.38. The fraction of sp³-hybridized carbons (Fsp3) is 0.333. The zero-order valence-electron chi connectivity index (χ0n) is 10.2. The van der Waals surface area contributed by atoms with E-state index in [2.05, 4.69) is 16.0 Å². The van der Waals surface area contributed by atoms with Gasteiger partial charge in [-0.15, -0.1) is 0 Å². The lowest BCUT2D eigenvalue weighted by Crippen LogP contribution is -2.18. The zero-order valence-corrected chi connectivity index (χ0v) is 10.2. The number of pyridine rings is 2. The summed E-state index contributed by atoms with van der Waals surface area (Å²) in [7, 11) is 0. The highest BCUT2D eigenvalue weighted by Gasteiger charge is 2.28. The minimum atomic E-state index is -0.507. The van der Waals surface area contributed by atoms with Gasteiger partial charge in [-0.3, -0.25) is 9.97 Å². The molecule has 18 heavy (non-hydrogen) atoms. The molecule has 1 N–H and O–H groups in total. The third-order valence-electron chi connectivity index (χ3n) is 3.65. The quantitative estimate of drug-likeness (QED) is 0.877. The van der Waals surface area contributed by atoms with Crippen LogP contribution in [0, 0.1) is 0 Å². The standard InChI is InChI=1S/C15H16N2O/c18-15(12-6-2-8-16-10-12)13-7-1-4-11-5-3-9-17-14(11)13/h2-3,5-6,8-10,13,15,18H,1,4,7H2. The molecule has 0 aliphatic heterocycles. The van der Waals surface area contributed by atoms with Crippen LogP contribution in [0.4, 0.5) is 0 Å². The van der Waals surface area contributed by atoms with Crippen molar-refractivity contribution in [3.05, 3.63) is 59.7 Å². The summed E-state index contributed by atoms with van der Waals surface area (Å²) in [4.78, 5) is 8.54. The Morgan fingerprint density at radius 3 is 2.94 bits per heavy atom. The van der Waals surface area contributed by atoms with Crippen molar-refractivity contribution in [2.45, 2.75) is 31.3 Å². The van der Waals surface area contributed by atoms with E-state index in [4.69, 9.17) is 0 Å². The van der Waals surface area contributed by atoms with Crippen LogP contribution in [0.15, 0.2) is 42.9 Å². The number of aliphatic hydroxyl groups is 1. The molecule has 0 spiro atoms. The third kappa shape index (κ3) is 2.02. The van der Waals surface area contributed by atoms with Crippen molar-refractivity contribution >= 4 is 0 Å². The Morgan fingerprint density at radius 1 is 1.22 bits per heavy atom. The summed E-state index contributed by atoms with van der Waals surface area (Å²) in [6.45, 7) is 0. The molecule has 1 aliphatic rings.